The predicted molar refractivity (Wildman–Crippen MR) is 95.1 cm³/mol. The fourth-order valence-electron chi connectivity index (χ4n) is 2.73. The number of rotatable bonds is 3. The van der Waals surface area contributed by atoms with E-state index in [9.17, 15) is 0 Å². The molecule has 1 aliphatic carbocycles. The quantitative estimate of drug-likeness (QED) is 0.442. The van der Waals surface area contributed by atoms with Crippen molar-refractivity contribution in [3.63, 3.8) is 0 Å². The lowest BCUT2D eigenvalue weighted by molar-refractivity contribution is 0.167. The van der Waals surface area contributed by atoms with E-state index >= 15 is 0 Å². The minimum absolute atomic E-state index is 0. The van der Waals surface area contributed by atoms with Gasteiger partial charge < -0.3 is 11.1 Å². The van der Waals surface area contributed by atoms with Crippen molar-refractivity contribution < 1.29 is 0 Å². The standard InChI is InChI=1S/C15H31N3.HI/c1-14(2,3)18-13(16)17-11-15(4,5)12-9-7-6-8-10-12;/h12H,6-11H2,1-5H3,(H3,16,17,18);1H. The van der Waals surface area contributed by atoms with Gasteiger partial charge >= 0.3 is 0 Å². The fraction of sp³-hybridized carbons (Fsp3) is 0.933. The van der Waals surface area contributed by atoms with Gasteiger partial charge in [-0.1, -0.05) is 33.1 Å². The van der Waals surface area contributed by atoms with Crippen molar-refractivity contribution in [1.29, 1.82) is 0 Å². The number of aliphatic imine (C=N–C) groups is 1. The molecule has 0 saturated heterocycles. The maximum atomic E-state index is 5.94. The summed E-state index contributed by atoms with van der Waals surface area (Å²) in [5, 5.41) is 3.22. The molecule has 0 spiro atoms. The molecule has 3 N–H and O–H groups in total. The van der Waals surface area contributed by atoms with Gasteiger partial charge in [0.1, 0.15) is 0 Å². The highest BCUT2D eigenvalue weighted by Crippen LogP contribution is 2.38. The second-order valence-electron chi connectivity index (χ2n) is 7.40. The van der Waals surface area contributed by atoms with Crippen LogP contribution in [0.25, 0.3) is 0 Å². The Kier molecular flexibility index (Phi) is 7.70. The number of hydrogen-bond donors (Lipinski definition) is 2. The van der Waals surface area contributed by atoms with Crippen molar-refractivity contribution in [1.82, 2.24) is 5.32 Å². The van der Waals surface area contributed by atoms with E-state index in [1.807, 2.05) is 0 Å². The summed E-state index contributed by atoms with van der Waals surface area (Å²) in [7, 11) is 0. The highest BCUT2D eigenvalue weighted by Gasteiger charge is 2.30. The summed E-state index contributed by atoms with van der Waals surface area (Å²) in [5.41, 5.74) is 6.19. The fourth-order valence-corrected chi connectivity index (χ4v) is 2.73. The number of hydrogen-bond acceptors (Lipinski definition) is 1. The monoisotopic (exact) mass is 381 g/mol. The van der Waals surface area contributed by atoms with Crippen LogP contribution in [0.2, 0.25) is 0 Å². The molecule has 1 aliphatic rings. The lowest BCUT2D eigenvalue weighted by atomic mass is 9.71. The normalized spacial score (nSPS) is 18.9. The third-order valence-corrected chi connectivity index (χ3v) is 3.87. The van der Waals surface area contributed by atoms with E-state index in [0.29, 0.717) is 5.96 Å². The molecule has 0 aromatic carbocycles. The predicted octanol–water partition coefficient (Wildman–Crippen LogP) is 3.91. The van der Waals surface area contributed by atoms with E-state index in [0.717, 1.165) is 12.5 Å². The molecule has 0 amide bonds. The number of nitrogens with two attached hydrogens (primary N) is 1. The van der Waals surface area contributed by atoms with E-state index in [2.05, 4.69) is 44.9 Å². The number of halogens is 1. The first-order chi connectivity index (χ1) is 8.21. The SMILES string of the molecule is CC(C)(C)NC(N)=NCC(C)(C)C1CCCCC1.I. The molecule has 4 heteroatoms. The van der Waals surface area contributed by atoms with Crippen molar-refractivity contribution in [2.45, 2.75) is 72.3 Å². The summed E-state index contributed by atoms with van der Waals surface area (Å²) in [6.07, 6.45) is 6.88. The van der Waals surface area contributed by atoms with Crippen molar-refractivity contribution in [3.8, 4) is 0 Å². The summed E-state index contributed by atoms with van der Waals surface area (Å²) in [5.74, 6) is 1.38. The Balaban J connectivity index is 0.00000324. The number of nitrogens with zero attached hydrogens (tertiary/aromatic N) is 1. The summed E-state index contributed by atoms with van der Waals surface area (Å²) >= 11 is 0. The van der Waals surface area contributed by atoms with Crippen LogP contribution in [0.3, 0.4) is 0 Å². The molecule has 3 nitrogen and oxygen atoms in total. The van der Waals surface area contributed by atoms with Crippen LogP contribution in [0.4, 0.5) is 0 Å². The average Bonchev–Trinajstić information content (AvgIpc) is 2.26. The Bertz CT molecular complexity index is 286. The molecule has 0 radical (unpaired) electrons. The van der Waals surface area contributed by atoms with Gasteiger partial charge in [-0.25, -0.2) is 0 Å². The highest BCUT2D eigenvalue weighted by molar-refractivity contribution is 14.0. The van der Waals surface area contributed by atoms with Gasteiger partial charge in [0, 0.05) is 12.1 Å². The van der Waals surface area contributed by atoms with Gasteiger partial charge in [-0.05, 0) is 44.9 Å². The zero-order chi connectivity index (χ0) is 13.8. The molecule has 1 saturated carbocycles. The van der Waals surface area contributed by atoms with E-state index in [1.54, 1.807) is 0 Å². The molecule has 0 heterocycles. The van der Waals surface area contributed by atoms with Gasteiger partial charge in [0.2, 0.25) is 0 Å². The molecule has 1 fully saturated rings. The Morgan fingerprint density at radius 2 is 1.63 bits per heavy atom. The first-order valence-corrected chi connectivity index (χ1v) is 7.29. The van der Waals surface area contributed by atoms with Crippen LogP contribution in [0.5, 0.6) is 0 Å². The summed E-state index contributed by atoms with van der Waals surface area (Å²) in [6, 6.07) is 0. The van der Waals surface area contributed by atoms with E-state index in [-0.39, 0.29) is 34.9 Å². The minimum atomic E-state index is -0.0113. The topological polar surface area (TPSA) is 50.4 Å². The Morgan fingerprint density at radius 3 is 2.11 bits per heavy atom. The zero-order valence-electron chi connectivity index (χ0n) is 13.3. The maximum absolute atomic E-state index is 5.94. The van der Waals surface area contributed by atoms with Crippen LogP contribution in [0, 0.1) is 11.3 Å². The molecule has 0 aromatic rings. The third-order valence-electron chi connectivity index (χ3n) is 3.87. The van der Waals surface area contributed by atoms with Crippen LogP contribution in [-0.2, 0) is 0 Å². The highest BCUT2D eigenvalue weighted by atomic mass is 127. The number of nitrogens with one attached hydrogen (secondary N) is 1. The second-order valence-corrected chi connectivity index (χ2v) is 7.40. The van der Waals surface area contributed by atoms with Gasteiger partial charge in [-0.2, -0.15) is 0 Å². The average molecular weight is 381 g/mol. The van der Waals surface area contributed by atoms with Crippen LogP contribution in [0.15, 0.2) is 4.99 Å². The lowest BCUT2D eigenvalue weighted by Crippen LogP contribution is -2.45. The van der Waals surface area contributed by atoms with Gasteiger partial charge in [0.15, 0.2) is 5.96 Å². The first kappa shape index (κ1) is 19.0. The van der Waals surface area contributed by atoms with Crippen molar-refractivity contribution in [2.75, 3.05) is 6.54 Å². The summed E-state index contributed by atoms with van der Waals surface area (Å²) < 4.78 is 0. The van der Waals surface area contributed by atoms with Gasteiger partial charge in [0.05, 0.1) is 0 Å². The smallest absolute Gasteiger partial charge is 0.189 e. The molecule has 1 rings (SSSR count). The lowest BCUT2D eigenvalue weighted by Gasteiger charge is -2.36. The molecule has 0 atom stereocenters. The van der Waals surface area contributed by atoms with E-state index < -0.39 is 0 Å². The second kappa shape index (κ2) is 7.70. The van der Waals surface area contributed by atoms with Gasteiger partial charge in [0.25, 0.3) is 0 Å². The molecule has 114 valence electrons. The molecule has 19 heavy (non-hydrogen) atoms. The van der Waals surface area contributed by atoms with Crippen LogP contribution >= 0.6 is 24.0 Å². The van der Waals surface area contributed by atoms with E-state index in [4.69, 9.17) is 5.73 Å². The Hall–Kier alpha value is 0. The summed E-state index contributed by atoms with van der Waals surface area (Å²) in [6.45, 7) is 11.8. The zero-order valence-corrected chi connectivity index (χ0v) is 15.6. The molecular weight excluding hydrogens is 349 g/mol. The molecule has 0 aromatic heterocycles. The van der Waals surface area contributed by atoms with Crippen LogP contribution in [-0.4, -0.2) is 18.0 Å². The van der Waals surface area contributed by atoms with Crippen LogP contribution in [0.1, 0.15) is 66.7 Å². The number of guanidine groups is 1. The first-order valence-electron chi connectivity index (χ1n) is 7.29. The maximum Gasteiger partial charge on any atom is 0.189 e. The Labute approximate surface area is 136 Å². The molecule has 0 bridgehead atoms. The Morgan fingerprint density at radius 1 is 1.11 bits per heavy atom. The molecule has 0 unspecified atom stereocenters. The van der Waals surface area contributed by atoms with E-state index in [1.165, 1.54) is 32.1 Å². The van der Waals surface area contributed by atoms with Crippen LogP contribution < -0.4 is 11.1 Å². The van der Waals surface area contributed by atoms with Crippen molar-refractivity contribution in [3.05, 3.63) is 0 Å². The largest absolute Gasteiger partial charge is 0.370 e. The third kappa shape index (κ3) is 7.37. The molecule has 0 aliphatic heterocycles. The van der Waals surface area contributed by atoms with Gasteiger partial charge in [-0.3, -0.25) is 4.99 Å². The van der Waals surface area contributed by atoms with Crippen molar-refractivity contribution >= 4 is 29.9 Å². The summed E-state index contributed by atoms with van der Waals surface area (Å²) in [4.78, 5) is 4.54. The minimum Gasteiger partial charge on any atom is -0.370 e. The van der Waals surface area contributed by atoms with Gasteiger partial charge in [-0.15, -0.1) is 24.0 Å². The molecular formula is C15H32IN3. The van der Waals surface area contributed by atoms with Crippen molar-refractivity contribution in [2.24, 2.45) is 22.1 Å².